The number of ether oxygens (including phenoxy) is 1. The monoisotopic (exact) mass is 444 g/mol. The first-order valence-corrected chi connectivity index (χ1v) is 10.3. The van der Waals surface area contributed by atoms with E-state index >= 15 is 0 Å². The molecule has 1 aliphatic carbocycles. The van der Waals surface area contributed by atoms with Gasteiger partial charge in [-0.15, -0.1) is 5.10 Å². The Morgan fingerprint density at radius 1 is 1.18 bits per heavy atom. The second kappa shape index (κ2) is 8.54. The molecule has 0 atom stereocenters. The summed E-state index contributed by atoms with van der Waals surface area (Å²) >= 11 is 0. The molecule has 0 saturated heterocycles. The lowest BCUT2D eigenvalue weighted by Crippen LogP contribution is -2.23. The molecular formula is C22H20N8O3. The largest absolute Gasteiger partial charge is 0.497 e. The van der Waals surface area contributed by atoms with Crippen molar-refractivity contribution < 1.29 is 14.2 Å². The van der Waals surface area contributed by atoms with Crippen LogP contribution in [0.1, 0.15) is 34.5 Å². The Bertz CT molecular complexity index is 1340. The van der Waals surface area contributed by atoms with Gasteiger partial charge in [0, 0.05) is 11.1 Å². The Labute approximate surface area is 188 Å². The zero-order chi connectivity index (χ0) is 22.8. The van der Waals surface area contributed by atoms with Gasteiger partial charge in [-0.2, -0.15) is 9.78 Å². The van der Waals surface area contributed by atoms with Crippen molar-refractivity contribution in [2.24, 2.45) is 5.10 Å². The van der Waals surface area contributed by atoms with Gasteiger partial charge in [-0.1, -0.05) is 35.5 Å². The van der Waals surface area contributed by atoms with E-state index < -0.39 is 5.91 Å². The van der Waals surface area contributed by atoms with E-state index in [-0.39, 0.29) is 17.3 Å². The summed E-state index contributed by atoms with van der Waals surface area (Å²) in [7, 11) is 1.64. The minimum Gasteiger partial charge on any atom is -0.497 e. The summed E-state index contributed by atoms with van der Waals surface area (Å²) in [6, 6.07) is 15.0. The fraction of sp³-hybridized carbons (Fsp3) is 0.182. The third-order valence-electron chi connectivity index (χ3n) is 5.40. The van der Waals surface area contributed by atoms with Crippen LogP contribution >= 0.6 is 0 Å². The van der Waals surface area contributed by atoms with Crippen LogP contribution in [0.3, 0.4) is 0 Å². The number of amides is 1. The lowest BCUT2D eigenvalue weighted by molar-refractivity contribution is 0.0950. The highest BCUT2D eigenvalue weighted by Crippen LogP contribution is 2.27. The van der Waals surface area contributed by atoms with E-state index in [1.807, 2.05) is 48.5 Å². The number of hydrogen-bond donors (Lipinski definition) is 2. The number of methoxy groups -OCH3 is 1. The molecule has 1 aliphatic rings. The Morgan fingerprint density at radius 2 is 2.03 bits per heavy atom. The summed E-state index contributed by atoms with van der Waals surface area (Å²) < 4.78 is 11.3. The zero-order valence-corrected chi connectivity index (χ0v) is 17.7. The van der Waals surface area contributed by atoms with E-state index in [2.05, 4.69) is 31.2 Å². The topological polar surface area (TPSA) is 146 Å². The third-order valence-corrected chi connectivity index (χ3v) is 5.40. The molecule has 0 fully saturated rings. The molecule has 2 heterocycles. The molecule has 0 unspecified atom stereocenters. The predicted octanol–water partition coefficient (Wildman–Crippen LogP) is 2.38. The minimum atomic E-state index is -0.511. The van der Waals surface area contributed by atoms with Gasteiger partial charge in [-0.05, 0) is 53.3 Å². The van der Waals surface area contributed by atoms with Gasteiger partial charge >= 0.3 is 0 Å². The number of nitrogens with one attached hydrogen (secondary N) is 1. The number of nitrogens with zero attached hydrogens (tertiary/aromatic N) is 6. The van der Waals surface area contributed by atoms with Gasteiger partial charge in [-0.25, -0.2) is 10.1 Å². The number of nitrogen functional groups attached to an aromatic ring is 1. The number of rotatable bonds is 5. The number of fused-ring (bicyclic) bond motifs is 1. The highest BCUT2D eigenvalue weighted by Gasteiger charge is 2.25. The van der Waals surface area contributed by atoms with Crippen molar-refractivity contribution in [1.29, 1.82) is 0 Å². The van der Waals surface area contributed by atoms with Crippen molar-refractivity contribution >= 4 is 17.4 Å². The standard InChI is InChI=1S/C22H20N8O3/c1-32-15-10-11-16-14(12-15)8-5-9-17(16)24-26-22(31)18-19(13-6-3-2-4-7-13)30(29-25-18)21-20(23)27-33-28-21/h2-4,6-7,10-12H,5,8-9H2,1H3,(H2,23,27)(H,26,31)/b24-17+. The van der Waals surface area contributed by atoms with Crippen molar-refractivity contribution in [2.45, 2.75) is 19.3 Å². The smallest absolute Gasteiger partial charge is 0.294 e. The minimum absolute atomic E-state index is 0.0264. The molecule has 11 heteroatoms. The summed E-state index contributed by atoms with van der Waals surface area (Å²) in [6.45, 7) is 0. The molecular weight excluding hydrogens is 424 g/mol. The van der Waals surface area contributed by atoms with E-state index in [9.17, 15) is 4.79 Å². The summed E-state index contributed by atoms with van der Waals surface area (Å²) in [5.74, 6) is 0.452. The maximum atomic E-state index is 13.1. The van der Waals surface area contributed by atoms with Crippen LogP contribution in [-0.2, 0) is 6.42 Å². The summed E-state index contributed by atoms with van der Waals surface area (Å²) in [4.78, 5) is 13.1. The quantitative estimate of drug-likeness (QED) is 0.446. The van der Waals surface area contributed by atoms with E-state index in [1.54, 1.807) is 7.11 Å². The Balaban J connectivity index is 1.49. The number of nitrogens with two attached hydrogens (primary N) is 1. The lowest BCUT2D eigenvalue weighted by Gasteiger charge is -2.18. The molecule has 33 heavy (non-hydrogen) atoms. The molecule has 0 radical (unpaired) electrons. The number of aryl methyl sites for hydroxylation is 1. The van der Waals surface area contributed by atoms with Gasteiger partial charge in [0.25, 0.3) is 5.91 Å². The van der Waals surface area contributed by atoms with Crippen LogP contribution < -0.4 is 15.9 Å². The molecule has 2 aromatic heterocycles. The maximum Gasteiger partial charge on any atom is 0.294 e. The Kier molecular flexibility index (Phi) is 5.27. The molecule has 0 spiro atoms. The van der Waals surface area contributed by atoms with E-state index in [1.165, 1.54) is 4.68 Å². The van der Waals surface area contributed by atoms with Crippen LogP contribution in [0.2, 0.25) is 0 Å². The molecule has 1 amide bonds. The first-order valence-electron chi connectivity index (χ1n) is 10.3. The third kappa shape index (κ3) is 3.80. The maximum absolute atomic E-state index is 13.1. The van der Waals surface area contributed by atoms with Crippen LogP contribution in [0, 0.1) is 0 Å². The molecule has 11 nitrogen and oxygen atoms in total. The number of aromatic nitrogens is 5. The molecule has 0 saturated carbocycles. The highest BCUT2D eigenvalue weighted by molar-refractivity contribution is 6.04. The second-order valence-corrected chi connectivity index (χ2v) is 7.41. The molecule has 0 bridgehead atoms. The van der Waals surface area contributed by atoms with Gasteiger partial charge in [0.05, 0.1) is 12.8 Å². The molecule has 5 rings (SSSR count). The number of carbonyl (C=O) groups is 1. The molecule has 166 valence electrons. The lowest BCUT2D eigenvalue weighted by atomic mass is 9.90. The van der Waals surface area contributed by atoms with Crippen molar-refractivity contribution in [3.63, 3.8) is 0 Å². The SMILES string of the molecule is COc1ccc2c(c1)CCC/C2=N\NC(=O)c1nnn(-c2nonc2N)c1-c1ccccc1. The van der Waals surface area contributed by atoms with Gasteiger partial charge in [0.15, 0.2) is 5.69 Å². The number of carbonyl (C=O) groups excluding carboxylic acids is 1. The van der Waals surface area contributed by atoms with Gasteiger partial charge in [0.1, 0.15) is 11.4 Å². The van der Waals surface area contributed by atoms with Crippen LogP contribution in [0.5, 0.6) is 5.75 Å². The van der Waals surface area contributed by atoms with Crippen LogP contribution in [0.25, 0.3) is 17.1 Å². The molecule has 2 aromatic carbocycles. The second-order valence-electron chi connectivity index (χ2n) is 7.41. The van der Waals surface area contributed by atoms with Gasteiger partial charge in [-0.3, -0.25) is 4.79 Å². The zero-order valence-electron chi connectivity index (χ0n) is 17.7. The van der Waals surface area contributed by atoms with Crippen molar-refractivity contribution in [3.05, 3.63) is 65.4 Å². The van der Waals surface area contributed by atoms with Crippen molar-refractivity contribution in [2.75, 3.05) is 12.8 Å². The van der Waals surface area contributed by atoms with Crippen LogP contribution in [-0.4, -0.2) is 44.0 Å². The summed E-state index contributed by atoms with van der Waals surface area (Å²) in [5.41, 5.74) is 12.6. The van der Waals surface area contributed by atoms with Crippen LogP contribution in [0.15, 0.2) is 58.3 Å². The molecule has 0 aliphatic heterocycles. The van der Waals surface area contributed by atoms with Crippen molar-refractivity contribution in [3.8, 4) is 22.8 Å². The first-order chi connectivity index (χ1) is 16.2. The summed E-state index contributed by atoms with van der Waals surface area (Å²) in [5, 5.41) is 19.9. The van der Waals surface area contributed by atoms with E-state index in [0.29, 0.717) is 11.3 Å². The van der Waals surface area contributed by atoms with Gasteiger partial charge < -0.3 is 10.5 Å². The average Bonchev–Trinajstić information content (AvgIpc) is 3.48. The number of hydrazone groups is 1. The average molecular weight is 444 g/mol. The number of hydrogen-bond acceptors (Lipinski definition) is 9. The van der Waals surface area contributed by atoms with Crippen LogP contribution in [0.4, 0.5) is 5.82 Å². The predicted molar refractivity (Wildman–Crippen MR) is 119 cm³/mol. The summed E-state index contributed by atoms with van der Waals surface area (Å²) in [6.07, 6.45) is 2.61. The first kappa shape index (κ1) is 20.4. The Morgan fingerprint density at radius 3 is 2.79 bits per heavy atom. The number of benzene rings is 2. The van der Waals surface area contributed by atoms with E-state index in [0.717, 1.165) is 41.9 Å². The highest BCUT2D eigenvalue weighted by atomic mass is 16.6. The number of anilines is 1. The Hall–Kier alpha value is -4.54. The molecule has 4 aromatic rings. The van der Waals surface area contributed by atoms with E-state index in [4.69, 9.17) is 15.1 Å². The normalized spacial score (nSPS) is 14.2. The fourth-order valence-electron chi connectivity index (χ4n) is 3.83. The van der Waals surface area contributed by atoms with Crippen molar-refractivity contribution in [1.82, 2.24) is 30.7 Å². The van der Waals surface area contributed by atoms with Gasteiger partial charge in [0.2, 0.25) is 11.6 Å². The fourth-order valence-corrected chi connectivity index (χ4v) is 3.83. The molecule has 3 N–H and O–H groups in total.